The second-order valence-corrected chi connectivity index (χ2v) is 9.58. The number of anilines is 1. The Morgan fingerprint density at radius 2 is 1.89 bits per heavy atom. The summed E-state index contributed by atoms with van der Waals surface area (Å²) in [6.45, 7) is 2.33. The van der Waals surface area contributed by atoms with Gasteiger partial charge in [-0.3, -0.25) is 4.57 Å². The van der Waals surface area contributed by atoms with Gasteiger partial charge in [-0.2, -0.15) is 0 Å². The zero-order valence-corrected chi connectivity index (χ0v) is 20.6. The predicted octanol–water partition coefficient (Wildman–Crippen LogP) is 4.58. The van der Waals surface area contributed by atoms with Gasteiger partial charge in [-0.25, -0.2) is 14.2 Å². The topological polar surface area (TPSA) is 89.3 Å². The molecule has 1 fully saturated rings. The van der Waals surface area contributed by atoms with Gasteiger partial charge in [-0.1, -0.05) is 17.7 Å². The number of hydrogen-bond acceptors (Lipinski definition) is 5. The van der Waals surface area contributed by atoms with E-state index in [1.54, 1.807) is 49.9 Å². The molecule has 0 aliphatic carbocycles. The van der Waals surface area contributed by atoms with Gasteiger partial charge < -0.3 is 20.3 Å². The average Bonchev–Trinajstić information content (AvgIpc) is 3.23. The Morgan fingerprint density at radius 3 is 2.56 bits per heavy atom. The number of pyridine rings is 1. The van der Waals surface area contributed by atoms with E-state index in [2.05, 4.69) is 9.88 Å². The van der Waals surface area contributed by atoms with Crippen LogP contribution in [0.2, 0.25) is 5.02 Å². The number of phenols is 1. The van der Waals surface area contributed by atoms with E-state index >= 15 is 0 Å². The van der Waals surface area contributed by atoms with E-state index in [0.717, 1.165) is 31.7 Å². The fraction of sp³-hybridized carbons (Fsp3) is 0.259. The molecule has 3 N–H and O–H groups in total. The normalized spacial score (nSPS) is 15.9. The molecule has 9 heteroatoms. The van der Waals surface area contributed by atoms with Crippen molar-refractivity contribution in [2.24, 2.45) is 18.7 Å². The van der Waals surface area contributed by atoms with E-state index < -0.39 is 5.82 Å². The third-order valence-electron chi connectivity index (χ3n) is 6.77. The van der Waals surface area contributed by atoms with Crippen LogP contribution in [-0.4, -0.2) is 38.9 Å². The minimum Gasteiger partial charge on any atom is -0.507 e. The molecule has 7 nitrogen and oxygen atoms in total. The summed E-state index contributed by atoms with van der Waals surface area (Å²) in [7, 11) is 1.65. The lowest BCUT2D eigenvalue weighted by Gasteiger charge is -2.33. The van der Waals surface area contributed by atoms with Crippen molar-refractivity contribution in [1.29, 1.82) is 0 Å². The molecule has 0 unspecified atom stereocenters. The summed E-state index contributed by atoms with van der Waals surface area (Å²) in [6.07, 6.45) is 7.07. The van der Waals surface area contributed by atoms with Crippen LogP contribution in [0, 0.1) is 11.7 Å². The summed E-state index contributed by atoms with van der Waals surface area (Å²) in [5, 5.41) is 11.5. The molecule has 0 radical (unpaired) electrons. The number of benzene rings is 2. The monoisotopic (exact) mass is 507 g/mol. The third-order valence-corrected chi connectivity index (χ3v) is 7.08. The van der Waals surface area contributed by atoms with Crippen molar-refractivity contribution in [2.45, 2.75) is 12.8 Å². The Labute approximate surface area is 213 Å². The number of halogens is 2. The molecular weight excluding hydrogens is 481 g/mol. The summed E-state index contributed by atoms with van der Waals surface area (Å²) >= 11 is 6.51. The molecule has 0 amide bonds. The molecule has 0 saturated carbocycles. The van der Waals surface area contributed by atoms with Crippen LogP contribution >= 0.6 is 11.6 Å². The second kappa shape index (κ2) is 9.79. The number of aryl methyl sites for hydroxylation is 1. The number of imidazole rings is 1. The van der Waals surface area contributed by atoms with Gasteiger partial charge in [0, 0.05) is 49.9 Å². The van der Waals surface area contributed by atoms with Crippen LogP contribution < -0.4 is 16.3 Å². The minimum absolute atomic E-state index is 0.0623. The number of nitrogens with zero attached hydrogens (tertiary/aromatic N) is 4. The molecule has 3 heterocycles. The first-order valence-corrected chi connectivity index (χ1v) is 12.2. The smallest absolute Gasteiger partial charge is 0.332 e. The molecule has 1 saturated heterocycles. The van der Waals surface area contributed by atoms with Gasteiger partial charge in [0.25, 0.3) is 0 Å². The molecular formula is C27H27ClFN5O2. The van der Waals surface area contributed by atoms with Crippen LogP contribution in [0.4, 0.5) is 10.2 Å². The zero-order valence-electron chi connectivity index (χ0n) is 19.9. The van der Waals surface area contributed by atoms with Gasteiger partial charge in [0.15, 0.2) is 0 Å². The number of aromatic nitrogens is 3. The Balaban J connectivity index is 1.52. The van der Waals surface area contributed by atoms with Crippen molar-refractivity contribution in [3.05, 3.63) is 82.4 Å². The molecule has 1 aliphatic heterocycles. The highest BCUT2D eigenvalue weighted by Crippen LogP contribution is 2.41. The molecule has 186 valence electrons. The van der Waals surface area contributed by atoms with Gasteiger partial charge in [-0.05, 0) is 72.8 Å². The molecule has 0 bridgehead atoms. The number of nitrogens with two attached hydrogens (primary N) is 1. The van der Waals surface area contributed by atoms with Gasteiger partial charge >= 0.3 is 5.69 Å². The van der Waals surface area contributed by atoms with Crippen molar-refractivity contribution < 1.29 is 9.50 Å². The Hall–Kier alpha value is -3.62. The molecule has 2 aromatic carbocycles. The number of hydrogen-bond donors (Lipinski definition) is 2. The van der Waals surface area contributed by atoms with Crippen molar-refractivity contribution in [1.82, 2.24) is 14.1 Å². The number of rotatable bonds is 5. The molecule has 1 atom stereocenters. The average molecular weight is 508 g/mol. The van der Waals surface area contributed by atoms with Crippen LogP contribution in [0.1, 0.15) is 12.8 Å². The minimum atomic E-state index is -0.489. The first kappa shape index (κ1) is 24.1. The Bertz CT molecular complexity index is 1480. The SMILES string of the molecule is Cn1ccn(-c2ccc(-c3cc(F)cc(-c4ccnc(N5CCC[C@H](CN)C5)c4)c3O)cc2Cl)c1=O. The van der Waals surface area contributed by atoms with Crippen molar-refractivity contribution in [3.63, 3.8) is 0 Å². The fourth-order valence-electron chi connectivity index (χ4n) is 4.78. The van der Waals surface area contributed by atoms with E-state index in [0.29, 0.717) is 45.4 Å². The van der Waals surface area contributed by atoms with Gasteiger partial charge in [0.2, 0.25) is 0 Å². The predicted molar refractivity (Wildman–Crippen MR) is 140 cm³/mol. The van der Waals surface area contributed by atoms with Crippen LogP contribution in [0.15, 0.2) is 65.8 Å². The zero-order chi connectivity index (χ0) is 25.4. The largest absolute Gasteiger partial charge is 0.507 e. The van der Waals surface area contributed by atoms with Gasteiger partial charge in [0.05, 0.1) is 10.7 Å². The first-order chi connectivity index (χ1) is 17.4. The molecule has 36 heavy (non-hydrogen) atoms. The highest BCUT2D eigenvalue weighted by atomic mass is 35.5. The third kappa shape index (κ3) is 4.50. The summed E-state index contributed by atoms with van der Waals surface area (Å²) in [4.78, 5) is 19.0. The number of aromatic hydroxyl groups is 1. The molecule has 0 spiro atoms. The van der Waals surface area contributed by atoms with E-state index in [9.17, 15) is 14.3 Å². The number of piperidine rings is 1. The van der Waals surface area contributed by atoms with Gasteiger partial charge in [0.1, 0.15) is 17.4 Å². The summed E-state index contributed by atoms with van der Waals surface area (Å²) in [5.41, 5.74) is 8.00. The van der Waals surface area contributed by atoms with Crippen molar-refractivity contribution in [3.8, 4) is 33.7 Å². The van der Waals surface area contributed by atoms with Gasteiger partial charge in [-0.15, -0.1) is 0 Å². The van der Waals surface area contributed by atoms with Crippen LogP contribution in [-0.2, 0) is 7.05 Å². The molecule has 1 aliphatic rings. The second-order valence-electron chi connectivity index (χ2n) is 9.17. The van der Waals surface area contributed by atoms with Crippen molar-refractivity contribution >= 4 is 17.4 Å². The molecule has 5 rings (SSSR count). The highest BCUT2D eigenvalue weighted by Gasteiger charge is 2.21. The lowest BCUT2D eigenvalue weighted by Crippen LogP contribution is -2.38. The van der Waals surface area contributed by atoms with Crippen LogP contribution in [0.25, 0.3) is 27.9 Å². The van der Waals surface area contributed by atoms with E-state index in [1.807, 2.05) is 6.07 Å². The lowest BCUT2D eigenvalue weighted by atomic mass is 9.96. The fourth-order valence-corrected chi connectivity index (χ4v) is 5.05. The van der Waals surface area contributed by atoms with E-state index in [1.165, 1.54) is 21.3 Å². The summed E-state index contributed by atoms with van der Waals surface area (Å²) in [6, 6.07) is 11.2. The Morgan fingerprint density at radius 1 is 1.14 bits per heavy atom. The quantitative estimate of drug-likeness (QED) is 0.413. The highest BCUT2D eigenvalue weighted by molar-refractivity contribution is 6.32. The first-order valence-electron chi connectivity index (χ1n) is 11.8. The van der Waals surface area contributed by atoms with Crippen LogP contribution in [0.5, 0.6) is 5.75 Å². The number of phenolic OH excluding ortho intramolecular Hbond substituents is 1. The Kier molecular flexibility index (Phi) is 6.55. The van der Waals surface area contributed by atoms with Crippen molar-refractivity contribution in [2.75, 3.05) is 24.5 Å². The maximum atomic E-state index is 14.8. The summed E-state index contributed by atoms with van der Waals surface area (Å²) < 4.78 is 17.7. The van der Waals surface area contributed by atoms with Crippen LogP contribution in [0.3, 0.4) is 0 Å². The molecule has 2 aromatic heterocycles. The maximum Gasteiger partial charge on any atom is 0.332 e. The van der Waals surface area contributed by atoms with E-state index in [4.69, 9.17) is 17.3 Å². The standard InChI is InChI=1S/C27H27ClFN5O2/c1-32-9-10-34(27(32)36)24-5-4-18(11-23(24)28)21-13-20(29)14-22(26(21)35)19-6-7-31-25(12-19)33-8-2-3-17(15-30)16-33/h4-7,9-14,17,35H,2-3,8,15-16,30H2,1H3/t17-/m1/s1. The maximum absolute atomic E-state index is 14.8. The molecule has 4 aromatic rings. The van der Waals surface area contributed by atoms with E-state index in [-0.39, 0.29) is 11.4 Å². The summed E-state index contributed by atoms with van der Waals surface area (Å²) in [5.74, 6) is 0.638. The lowest BCUT2D eigenvalue weighted by molar-refractivity contribution is 0.422.